The SMILES string of the molecule is CCc1ccc(S(=O)(=O)NCc2cccnc2)cc1CN. The molecule has 3 N–H and O–H groups in total. The van der Waals surface area contributed by atoms with Crippen LogP contribution in [0.25, 0.3) is 0 Å². The second-order valence-corrected chi connectivity index (χ2v) is 6.44. The number of pyridine rings is 1. The van der Waals surface area contributed by atoms with E-state index in [1.807, 2.05) is 19.1 Å². The predicted molar refractivity (Wildman–Crippen MR) is 82.0 cm³/mol. The lowest BCUT2D eigenvalue weighted by atomic mass is 10.1. The lowest BCUT2D eigenvalue weighted by molar-refractivity contribution is 0.581. The van der Waals surface area contributed by atoms with Gasteiger partial charge in [0.1, 0.15) is 0 Å². The van der Waals surface area contributed by atoms with Gasteiger partial charge in [0.2, 0.25) is 10.0 Å². The molecule has 1 aromatic heterocycles. The van der Waals surface area contributed by atoms with Crippen molar-refractivity contribution in [3.8, 4) is 0 Å². The van der Waals surface area contributed by atoms with Gasteiger partial charge >= 0.3 is 0 Å². The molecule has 0 aliphatic rings. The number of benzene rings is 1. The van der Waals surface area contributed by atoms with Crippen molar-refractivity contribution in [2.24, 2.45) is 5.73 Å². The number of rotatable bonds is 6. The van der Waals surface area contributed by atoms with E-state index in [9.17, 15) is 8.42 Å². The van der Waals surface area contributed by atoms with Crippen molar-refractivity contribution in [2.45, 2.75) is 31.3 Å². The average Bonchev–Trinajstić information content (AvgIpc) is 2.53. The van der Waals surface area contributed by atoms with Gasteiger partial charge in [-0.2, -0.15) is 0 Å². The minimum absolute atomic E-state index is 0.212. The first-order valence-corrected chi connectivity index (χ1v) is 8.25. The van der Waals surface area contributed by atoms with Gasteiger partial charge in [0, 0.05) is 25.5 Å². The largest absolute Gasteiger partial charge is 0.326 e. The molecule has 0 aliphatic carbocycles. The maximum Gasteiger partial charge on any atom is 0.240 e. The van der Waals surface area contributed by atoms with E-state index in [-0.39, 0.29) is 11.4 Å². The number of nitrogens with two attached hydrogens (primary N) is 1. The van der Waals surface area contributed by atoms with Gasteiger partial charge in [-0.15, -0.1) is 0 Å². The Labute approximate surface area is 125 Å². The molecule has 0 saturated heterocycles. The lowest BCUT2D eigenvalue weighted by Gasteiger charge is -2.10. The van der Waals surface area contributed by atoms with Crippen LogP contribution in [0.2, 0.25) is 0 Å². The van der Waals surface area contributed by atoms with Crippen molar-refractivity contribution in [3.05, 3.63) is 59.4 Å². The number of nitrogens with one attached hydrogen (secondary N) is 1. The fourth-order valence-corrected chi connectivity index (χ4v) is 3.14. The van der Waals surface area contributed by atoms with Crippen LogP contribution in [0, 0.1) is 0 Å². The van der Waals surface area contributed by atoms with Crippen molar-refractivity contribution >= 4 is 10.0 Å². The van der Waals surface area contributed by atoms with Gasteiger partial charge in [0.05, 0.1) is 4.90 Å². The average molecular weight is 305 g/mol. The molecule has 0 spiro atoms. The molecule has 112 valence electrons. The molecule has 0 amide bonds. The molecule has 2 rings (SSSR count). The van der Waals surface area contributed by atoms with E-state index in [4.69, 9.17) is 5.73 Å². The third-order valence-electron chi connectivity index (χ3n) is 3.28. The summed E-state index contributed by atoms with van der Waals surface area (Å²) in [6.45, 7) is 2.56. The maximum atomic E-state index is 12.3. The van der Waals surface area contributed by atoms with Crippen molar-refractivity contribution in [2.75, 3.05) is 0 Å². The number of aromatic nitrogens is 1. The Morgan fingerprint density at radius 3 is 2.67 bits per heavy atom. The molecule has 0 unspecified atom stereocenters. The van der Waals surface area contributed by atoms with Gasteiger partial charge in [-0.25, -0.2) is 13.1 Å². The topological polar surface area (TPSA) is 85.1 Å². The molecule has 2 aromatic rings. The zero-order chi connectivity index (χ0) is 15.3. The van der Waals surface area contributed by atoms with Crippen LogP contribution in [-0.4, -0.2) is 13.4 Å². The molecule has 0 radical (unpaired) electrons. The molecule has 1 aromatic carbocycles. The van der Waals surface area contributed by atoms with Crippen LogP contribution in [0.4, 0.5) is 0 Å². The monoisotopic (exact) mass is 305 g/mol. The van der Waals surface area contributed by atoms with E-state index in [2.05, 4.69) is 9.71 Å². The Bertz CT molecular complexity index is 700. The summed E-state index contributed by atoms with van der Waals surface area (Å²) >= 11 is 0. The van der Waals surface area contributed by atoms with Gasteiger partial charge in [0.25, 0.3) is 0 Å². The quantitative estimate of drug-likeness (QED) is 0.848. The van der Waals surface area contributed by atoms with Crippen molar-refractivity contribution in [3.63, 3.8) is 0 Å². The van der Waals surface area contributed by atoms with E-state index >= 15 is 0 Å². The first-order chi connectivity index (χ1) is 10.1. The molecule has 0 bridgehead atoms. The van der Waals surface area contributed by atoms with Crippen LogP contribution in [-0.2, 0) is 29.5 Å². The third-order valence-corrected chi connectivity index (χ3v) is 4.68. The first-order valence-electron chi connectivity index (χ1n) is 6.77. The normalized spacial score (nSPS) is 11.5. The van der Waals surface area contributed by atoms with Gasteiger partial charge in [-0.1, -0.05) is 19.1 Å². The number of sulfonamides is 1. The van der Waals surface area contributed by atoms with Crippen LogP contribution in [0.5, 0.6) is 0 Å². The van der Waals surface area contributed by atoms with Crippen molar-refractivity contribution in [1.29, 1.82) is 0 Å². The molecule has 21 heavy (non-hydrogen) atoms. The lowest BCUT2D eigenvalue weighted by Crippen LogP contribution is -2.23. The number of aryl methyl sites for hydroxylation is 1. The fraction of sp³-hybridized carbons (Fsp3) is 0.267. The highest BCUT2D eigenvalue weighted by atomic mass is 32.2. The zero-order valence-electron chi connectivity index (χ0n) is 11.9. The van der Waals surface area contributed by atoms with E-state index in [0.717, 1.165) is 23.1 Å². The molecule has 1 heterocycles. The summed E-state index contributed by atoms with van der Waals surface area (Å²) in [6.07, 6.45) is 4.11. The van der Waals surface area contributed by atoms with Gasteiger partial charge < -0.3 is 5.73 Å². The van der Waals surface area contributed by atoms with Gasteiger partial charge in [0.15, 0.2) is 0 Å². The summed E-state index contributed by atoms with van der Waals surface area (Å²) in [6, 6.07) is 8.67. The standard InChI is InChI=1S/C15H19N3O2S/c1-2-13-5-6-15(8-14(13)9-16)21(19,20)18-11-12-4-3-7-17-10-12/h3-8,10,18H,2,9,11,16H2,1H3. The molecular formula is C15H19N3O2S. The van der Waals surface area contributed by atoms with E-state index in [0.29, 0.717) is 6.54 Å². The number of nitrogens with zero attached hydrogens (tertiary/aromatic N) is 1. The second kappa shape index (κ2) is 6.80. The third kappa shape index (κ3) is 3.87. The summed E-state index contributed by atoms with van der Waals surface area (Å²) < 4.78 is 27.2. The van der Waals surface area contributed by atoms with Crippen LogP contribution in [0.15, 0.2) is 47.6 Å². The molecule has 0 fully saturated rings. The summed E-state index contributed by atoms with van der Waals surface area (Å²) in [5.41, 5.74) is 8.43. The van der Waals surface area contributed by atoms with Crippen LogP contribution in [0.1, 0.15) is 23.6 Å². The fourth-order valence-electron chi connectivity index (χ4n) is 2.07. The Morgan fingerprint density at radius 2 is 2.05 bits per heavy atom. The molecule has 6 heteroatoms. The van der Waals surface area contributed by atoms with Gasteiger partial charge in [-0.05, 0) is 41.3 Å². The predicted octanol–water partition coefficient (Wildman–Crippen LogP) is 1.58. The summed E-state index contributed by atoms with van der Waals surface area (Å²) in [4.78, 5) is 4.20. The Morgan fingerprint density at radius 1 is 1.24 bits per heavy atom. The molecule has 5 nitrogen and oxygen atoms in total. The van der Waals surface area contributed by atoms with E-state index < -0.39 is 10.0 Å². The molecule has 0 aliphatic heterocycles. The number of hydrogen-bond donors (Lipinski definition) is 2. The van der Waals surface area contributed by atoms with Gasteiger partial charge in [-0.3, -0.25) is 4.98 Å². The van der Waals surface area contributed by atoms with Crippen LogP contribution in [0.3, 0.4) is 0 Å². The van der Waals surface area contributed by atoms with Crippen molar-refractivity contribution < 1.29 is 8.42 Å². The van der Waals surface area contributed by atoms with E-state index in [1.54, 1.807) is 30.6 Å². The molecule has 0 saturated carbocycles. The number of hydrogen-bond acceptors (Lipinski definition) is 4. The van der Waals surface area contributed by atoms with Crippen LogP contribution < -0.4 is 10.5 Å². The molecular weight excluding hydrogens is 286 g/mol. The minimum atomic E-state index is -3.55. The zero-order valence-corrected chi connectivity index (χ0v) is 12.7. The summed E-state index contributed by atoms with van der Waals surface area (Å²) in [7, 11) is -3.55. The summed E-state index contributed by atoms with van der Waals surface area (Å²) in [5.74, 6) is 0. The minimum Gasteiger partial charge on any atom is -0.326 e. The second-order valence-electron chi connectivity index (χ2n) is 4.67. The molecule has 0 atom stereocenters. The first kappa shape index (κ1) is 15.6. The summed E-state index contributed by atoms with van der Waals surface area (Å²) in [5, 5.41) is 0. The highest BCUT2D eigenvalue weighted by Gasteiger charge is 2.15. The Balaban J connectivity index is 2.19. The Hall–Kier alpha value is -1.76. The maximum absolute atomic E-state index is 12.3. The Kier molecular flexibility index (Phi) is 5.06. The smallest absolute Gasteiger partial charge is 0.240 e. The van der Waals surface area contributed by atoms with Crippen molar-refractivity contribution in [1.82, 2.24) is 9.71 Å². The highest BCUT2D eigenvalue weighted by Crippen LogP contribution is 2.16. The highest BCUT2D eigenvalue weighted by molar-refractivity contribution is 7.89. The van der Waals surface area contributed by atoms with E-state index in [1.165, 1.54) is 0 Å². The van der Waals surface area contributed by atoms with Crippen LogP contribution >= 0.6 is 0 Å².